The minimum Gasteiger partial charge on any atom is -0.387 e. The van der Waals surface area contributed by atoms with E-state index < -0.39 is 6.10 Å². The third-order valence-corrected chi connectivity index (χ3v) is 5.31. The zero-order chi connectivity index (χ0) is 16.5. The maximum Gasteiger partial charge on any atom is 0.124 e. The second kappa shape index (κ2) is 6.65. The van der Waals surface area contributed by atoms with E-state index in [0.29, 0.717) is 6.54 Å². The van der Waals surface area contributed by atoms with Gasteiger partial charge in [0, 0.05) is 12.2 Å². The lowest BCUT2D eigenvalue weighted by Crippen LogP contribution is -2.29. The number of nitrogens with zero attached hydrogens (tertiary/aromatic N) is 2. The first kappa shape index (κ1) is 15.8. The summed E-state index contributed by atoms with van der Waals surface area (Å²) in [4.78, 5) is 10.7. The molecule has 1 saturated heterocycles. The smallest absolute Gasteiger partial charge is 0.124 e. The highest BCUT2D eigenvalue weighted by molar-refractivity contribution is 5.21. The molecule has 1 fully saturated rings. The Morgan fingerprint density at radius 1 is 1.21 bits per heavy atom. The van der Waals surface area contributed by atoms with Crippen LogP contribution in [0.3, 0.4) is 0 Å². The highest BCUT2D eigenvalue weighted by atomic mass is 19.1. The van der Waals surface area contributed by atoms with Gasteiger partial charge in [0.2, 0.25) is 0 Å². The number of aliphatic hydroxyl groups excluding tert-OH is 1. The molecule has 0 saturated carbocycles. The number of halogens is 1. The van der Waals surface area contributed by atoms with Crippen molar-refractivity contribution in [3.8, 4) is 0 Å². The molecule has 4 rings (SSSR count). The second-order valence-corrected chi connectivity index (χ2v) is 6.97. The first-order valence-electron chi connectivity index (χ1n) is 8.96. The molecule has 1 aromatic carbocycles. The van der Waals surface area contributed by atoms with E-state index >= 15 is 0 Å². The van der Waals surface area contributed by atoms with Gasteiger partial charge in [0.1, 0.15) is 11.6 Å². The van der Waals surface area contributed by atoms with Gasteiger partial charge in [-0.2, -0.15) is 0 Å². The van der Waals surface area contributed by atoms with Gasteiger partial charge in [0.05, 0.1) is 17.8 Å². The Balaban J connectivity index is 1.48. The van der Waals surface area contributed by atoms with Gasteiger partial charge in [-0.25, -0.2) is 9.37 Å². The van der Waals surface area contributed by atoms with Crippen molar-refractivity contribution in [2.75, 3.05) is 13.1 Å². The Morgan fingerprint density at radius 3 is 2.79 bits per heavy atom. The van der Waals surface area contributed by atoms with E-state index in [2.05, 4.69) is 9.88 Å². The Kier molecular flexibility index (Phi) is 4.37. The number of likely N-dealkylation sites (tertiary alicyclic amines) is 1. The third kappa shape index (κ3) is 3.10. The molecule has 4 nitrogen and oxygen atoms in total. The third-order valence-electron chi connectivity index (χ3n) is 5.31. The molecule has 0 radical (unpaired) electrons. The molecule has 2 heterocycles. The summed E-state index contributed by atoms with van der Waals surface area (Å²) in [7, 11) is 0. The minimum absolute atomic E-state index is 0.255. The number of fused-ring (bicyclic) bond motifs is 1. The molecule has 5 heteroatoms. The molecule has 0 amide bonds. The summed E-state index contributed by atoms with van der Waals surface area (Å²) in [5.41, 5.74) is 3.31. The predicted molar refractivity (Wildman–Crippen MR) is 90.1 cm³/mol. The fraction of sp³-hybridized carbons (Fsp3) is 0.526. The van der Waals surface area contributed by atoms with Crippen LogP contribution in [0.25, 0.3) is 0 Å². The standard InChI is InChI=1S/C19H24FN3O/c20-14-9-7-13(8-10-14)18(24)12-23-11-3-6-17(23)19-21-15-4-1-2-5-16(15)22-19/h7-10,17-18,24H,1-6,11-12H2,(H,21,22)/t17-,18-/m0/s1. The lowest BCUT2D eigenvalue weighted by molar-refractivity contribution is 0.104. The zero-order valence-corrected chi connectivity index (χ0v) is 13.8. The monoisotopic (exact) mass is 329 g/mol. The number of β-amino-alcohol motifs (C(OH)–C–C–N with tert-alkyl or cyclic N) is 1. The van der Waals surface area contributed by atoms with E-state index in [-0.39, 0.29) is 11.9 Å². The lowest BCUT2D eigenvalue weighted by atomic mass is 10.0. The van der Waals surface area contributed by atoms with Crippen LogP contribution in [0.15, 0.2) is 24.3 Å². The van der Waals surface area contributed by atoms with Gasteiger partial charge in [-0.15, -0.1) is 0 Å². The average molecular weight is 329 g/mol. The number of imidazole rings is 1. The van der Waals surface area contributed by atoms with Crippen molar-refractivity contribution in [2.45, 2.75) is 50.7 Å². The van der Waals surface area contributed by atoms with Crippen LogP contribution >= 0.6 is 0 Å². The minimum atomic E-state index is -0.601. The van der Waals surface area contributed by atoms with Crippen molar-refractivity contribution in [1.82, 2.24) is 14.9 Å². The number of aromatic amines is 1. The number of aliphatic hydroxyl groups is 1. The normalized spacial score (nSPS) is 22.5. The number of benzene rings is 1. The summed E-state index contributed by atoms with van der Waals surface area (Å²) in [6.45, 7) is 1.52. The van der Waals surface area contributed by atoms with Crippen LogP contribution in [0.4, 0.5) is 4.39 Å². The molecule has 1 aliphatic carbocycles. The van der Waals surface area contributed by atoms with Crippen molar-refractivity contribution in [1.29, 1.82) is 0 Å². The number of hydrogen-bond donors (Lipinski definition) is 2. The van der Waals surface area contributed by atoms with Crippen LogP contribution < -0.4 is 0 Å². The van der Waals surface area contributed by atoms with Crippen LogP contribution in [0, 0.1) is 5.82 Å². The number of nitrogens with one attached hydrogen (secondary N) is 1. The van der Waals surface area contributed by atoms with Gasteiger partial charge in [-0.05, 0) is 62.8 Å². The molecule has 2 aliphatic rings. The molecule has 128 valence electrons. The Labute approximate surface area is 141 Å². The largest absolute Gasteiger partial charge is 0.387 e. The van der Waals surface area contributed by atoms with E-state index in [9.17, 15) is 9.50 Å². The van der Waals surface area contributed by atoms with E-state index in [1.807, 2.05) is 0 Å². The Hall–Kier alpha value is -1.72. The van der Waals surface area contributed by atoms with Crippen molar-refractivity contribution >= 4 is 0 Å². The van der Waals surface area contributed by atoms with Crippen LogP contribution in [-0.4, -0.2) is 33.1 Å². The van der Waals surface area contributed by atoms with Crippen LogP contribution in [0.1, 0.15) is 60.6 Å². The molecule has 1 aliphatic heterocycles. The van der Waals surface area contributed by atoms with Crippen molar-refractivity contribution in [3.63, 3.8) is 0 Å². The summed E-state index contributed by atoms with van der Waals surface area (Å²) >= 11 is 0. The van der Waals surface area contributed by atoms with Crippen LogP contribution in [-0.2, 0) is 12.8 Å². The fourth-order valence-corrected chi connectivity index (χ4v) is 4.00. The lowest BCUT2D eigenvalue weighted by Gasteiger charge is -2.25. The first-order chi connectivity index (χ1) is 11.7. The van der Waals surface area contributed by atoms with Gasteiger partial charge >= 0.3 is 0 Å². The second-order valence-electron chi connectivity index (χ2n) is 6.97. The van der Waals surface area contributed by atoms with Gasteiger partial charge in [-0.1, -0.05) is 12.1 Å². The maximum atomic E-state index is 13.0. The predicted octanol–water partition coefficient (Wildman–Crippen LogP) is 3.30. The first-order valence-corrected chi connectivity index (χ1v) is 8.96. The van der Waals surface area contributed by atoms with Crippen LogP contribution in [0.2, 0.25) is 0 Å². The molecular formula is C19H24FN3O. The van der Waals surface area contributed by atoms with Gasteiger partial charge in [-0.3, -0.25) is 4.90 Å². The van der Waals surface area contributed by atoms with E-state index in [1.54, 1.807) is 12.1 Å². The molecule has 0 spiro atoms. The molecule has 1 aromatic heterocycles. The molecule has 2 N–H and O–H groups in total. The summed E-state index contributed by atoms with van der Waals surface area (Å²) in [5, 5.41) is 10.5. The number of aryl methyl sites for hydroxylation is 2. The number of hydrogen-bond acceptors (Lipinski definition) is 3. The topological polar surface area (TPSA) is 52.1 Å². The van der Waals surface area contributed by atoms with Crippen LogP contribution in [0.5, 0.6) is 0 Å². The van der Waals surface area contributed by atoms with Gasteiger partial charge in [0.15, 0.2) is 0 Å². The average Bonchev–Trinajstić information content (AvgIpc) is 3.21. The molecule has 24 heavy (non-hydrogen) atoms. The highest BCUT2D eigenvalue weighted by Crippen LogP contribution is 2.33. The van der Waals surface area contributed by atoms with E-state index in [0.717, 1.165) is 43.6 Å². The summed E-state index contributed by atoms with van der Waals surface area (Å²) in [6, 6.07) is 6.39. The Bertz CT molecular complexity index is 674. The highest BCUT2D eigenvalue weighted by Gasteiger charge is 2.31. The summed E-state index contributed by atoms with van der Waals surface area (Å²) in [5.74, 6) is 0.789. The van der Waals surface area contributed by atoms with Crippen molar-refractivity contribution in [2.24, 2.45) is 0 Å². The maximum absolute atomic E-state index is 13.0. The molecule has 0 unspecified atom stereocenters. The molecule has 2 aromatic rings. The number of aromatic nitrogens is 2. The summed E-state index contributed by atoms with van der Waals surface area (Å²) in [6.07, 6.45) is 6.25. The molecule has 0 bridgehead atoms. The van der Waals surface area contributed by atoms with Gasteiger partial charge < -0.3 is 10.1 Å². The number of H-pyrrole nitrogens is 1. The van der Waals surface area contributed by atoms with E-state index in [1.165, 1.54) is 36.4 Å². The Morgan fingerprint density at radius 2 is 2.00 bits per heavy atom. The van der Waals surface area contributed by atoms with E-state index in [4.69, 9.17) is 4.98 Å². The van der Waals surface area contributed by atoms with Crippen molar-refractivity contribution < 1.29 is 9.50 Å². The molecule has 2 atom stereocenters. The summed E-state index contributed by atoms with van der Waals surface area (Å²) < 4.78 is 13.0. The fourth-order valence-electron chi connectivity index (χ4n) is 4.00. The van der Waals surface area contributed by atoms with Crippen molar-refractivity contribution in [3.05, 3.63) is 52.9 Å². The quantitative estimate of drug-likeness (QED) is 0.905. The zero-order valence-electron chi connectivity index (χ0n) is 13.8. The number of rotatable bonds is 4. The van der Waals surface area contributed by atoms with Gasteiger partial charge in [0.25, 0.3) is 0 Å². The SMILES string of the molecule is O[C@@H](CN1CCC[C@H]1c1nc2c([nH]1)CCCC2)c1ccc(F)cc1. The molecular weight excluding hydrogens is 305 g/mol.